The van der Waals surface area contributed by atoms with E-state index in [1.807, 2.05) is 11.8 Å². The Hall–Kier alpha value is -1.13. The molecule has 1 aromatic heterocycles. The Labute approximate surface area is 119 Å². The van der Waals surface area contributed by atoms with Gasteiger partial charge in [-0.3, -0.25) is 9.69 Å². The second-order valence-corrected chi connectivity index (χ2v) is 5.44. The number of aryl methyl sites for hydroxylation is 1. The van der Waals surface area contributed by atoms with Crippen LogP contribution >= 0.6 is 11.6 Å². The average Bonchev–Trinajstić information content (AvgIpc) is 2.36. The van der Waals surface area contributed by atoms with Gasteiger partial charge in [0.25, 0.3) is 5.91 Å². The topological polar surface area (TPSA) is 36.4 Å². The summed E-state index contributed by atoms with van der Waals surface area (Å²) in [5.74, 6) is 0.0509. The molecule has 0 spiro atoms. The molecule has 1 aromatic rings. The maximum atomic E-state index is 12.5. The van der Waals surface area contributed by atoms with Crippen LogP contribution in [0.2, 0.25) is 5.15 Å². The van der Waals surface area contributed by atoms with Gasteiger partial charge in [-0.25, -0.2) is 4.98 Å². The van der Waals surface area contributed by atoms with Crippen LogP contribution in [0.1, 0.15) is 29.9 Å². The second kappa shape index (κ2) is 5.88. The zero-order valence-electron chi connectivity index (χ0n) is 11.7. The number of aromatic nitrogens is 1. The monoisotopic (exact) mass is 281 g/mol. The summed E-state index contributed by atoms with van der Waals surface area (Å²) in [6.07, 6.45) is 0. The van der Waals surface area contributed by atoms with Gasteiger partial charge in [0, 0.05) is 36.9 Å². The molecule has 0 aliphatic carbocycles. The molecule has 19 heavy (non-hydrogen) atoms. The number of pyridine rings is 1. The molecule has 1 saturated heterocycles. The number of halogens is 1. The molecule has 1 unspecified atom stereocenters. The SMILES string of the molecule is CCN1CCN(C(=O)c2cc(C)nc(Cl)c2)CC1C. The van der Waals surface area contributed by atoms with E-state index in [0.29, 0.717) is 16.8 Å². The van der Waals surface area contributed by atoms with E-state index >= 15 is 0 Å². The van der Waals surface area contributed by atoms with Gasteiger partial charge < -0.3 is 4.90 Å². The lowest BCUT2D eigenvalue weighted by Gasteiger charge is -2.39. The number of piperazine rings is 1. The summed E-state index contributed by atoms with van der Waals surface area (Å²) in [5, 5.41) is 0.378. The van der Waals surface area contributed by atoms with Gasteiger partial charge in [-0.2, -0.15) is 0 Å². The smallest absolute Gasteiger partial charge is 0.254 e. The number of nitrogens with zero attached hydrogens (tertiary/aromatic N) is 3. The van der Waals surface area contributed by atoms with E-state index in [9.17, 15) is 4.79 Å². The lowest BCUT2D eigenvalue weighted by molar-refractivity contribution is 0.0528. The molecule has 0 aromatic carbocycles. The zero-order valence-corrected chi connectivity index (χ0v) is 12.4. The molecule has 5 heteroatoms. The van der Waals surface area contributed by atoms with Crippen molar-refractivity contribution in [2.45, 2.75) is 26.8 Å². The van der Waals surface area contributed by atoms with E-state index in [1.165, 1.54) is 0 Å². The average molecular weight is 282 g/mol. The summed E-state index contributed by atoms with van der Waals surface area (Å²) in [6, 6.07) is 3.85. The number of likely N-dealkylation sites (N-methyl/N-ethyl adjacent to an activating group) is 1. The highest BCUT2D eigenvalue weighted by atomic mass is 35.5. The molecule has 0 bridgehead atoms. The maximum Gasteiger partial charge on any atom is 0.254 e. The molecule has 0 radical (unpaired) electrons. The van der Waals surface area contributed by atoms with Crippen molar-refractivity contribution in [1.82, 2.24) is 14.8 Å². The lowest BCUT2D eigenvalue weighted by Crippen LogP contribution is -2.53. The third-order valence-electron chi connectivity index (χ3n) is 3.63. The fourth-order valence-corrected chi connectivity index (χ4v) is 2.83. The van der Waals surface area contributed by atoms with Gasteiger partial charge in [-0.1, -0.05) is 18.5 Å². The second-order valence-electron chi connectivity index (χ2n) is 5.05. The van der Waals surface area contributed by atoms with Crippen molar-refractivity contribution in [3.05, 3.63) is 28.5 Å². The van der Waals surface area contributed by atoms with Gasteiger partial charge in [0.1, 0.15) is 5.15 Å². The first kappa shape index (κ1) is 14.3. The molecule has 0 N–H and O–H groups in total. The summed E-state index contributed by atoms with van der Waals surface area (Å²) >= 11 is 5.92. The molecule has 104 valence electrons. The fourth-order valence-electron chi connectivity index (χ4n) is 2.58. The summed E-state index contributed by atoms with van der Waals surface area (Å²) in [6.45, 7) is 9.67. The van der Waals surface area contributed by atoms with Crippen molar-refractivity contribution in [2.24, 2.45) is 0 Å². The minimum Gasteiger partial charge on any atom is -0.336 e. The van der Waals surface area contributed by atoms with Gasteiger partial charge in [0.15, 0.2) is 0 Å². The Morgan fingerprint density at radius 1 is 1.47 bits per heavy atom. The van der Waals surface area contributed by atoms with Crippen LogP contribution in [0.5, 0.6) is 0 Å². The van der Waals surface area contributed by atoms with Crippen molar-refractivity contribution < 1.29 is 4.79 Å². The van der Waals surface area contributed by atoms with Gasteiger partial charge >= 0.3 is 0 Å². The first-order valence-electron chi connectivity index (χ1n) is 6.68. The van der Waals surface area contributed by atoms with Gasteiger partial charge in [-0.05, 0) is 32.5 Å². The van der Waals surface area contributed by atoms with Crippen LogP contribution in [0.3, 0.4) is 0 Å². The summed E-state index contributed by atoms with van der Waals surface area (Å²) < 4.78 is 0. The van der Waals surface area contributed by atoms with Crippen LogP contribution in [0.25, 0.3) is 0 Å². The van der Waals surface area contributed by atoms with Gasteiger partial charge in [0.05, 0.1) is 0 Å². The summed E-state index contributed by atoms with van der Waals surface area (Å²) in [7, 11) is 0. The molecule has 1 amide bonds. The van der Waals surface area contributed by atoms with Crippen LogP contribution in [-0.4, -0.2) is 52.9 Å². The molecule has 2 heterocycles. The highest BCUT2D eigenvalue weighted by Gasteiger charge is 2.26. The maximum absolute atomic E-state index is 12.5. The molecule has 4 nitrogen and oxygen atoms in total. The summed E-state index contributed by atoms with van der Waals surface area (Å²) in [4.78, 5) is 20.8. The van der Waals surface area contributed by atoms with Crippen LogP contribution in [-0.2, 0) is 0 Å². The largest absolute Gasteiger partial charge is 0.336 e. The van der Waals surface area contributed by atoms with Crippen molar-refractivity contribution in [2.75, 3.05) is 26.2 Å². The predicted octanol–water partition coefficient (Wildman–Crippen LogP) is 2.21. The highest BCUT2D eigenvalue weighted by Crippen LogP contribution is 2.16. The van der Waals surface area contributed by atoms with Gasteiger partial charge in [0.2, 0.25) is 0 Å². The van der Waals surface area contributed by atoms with Crippen LogP contribution in [0.15, 0.2) is 12.1 Å². The number of rotatable bonds is 2. The van der Waals surface area contributed by atoms with E-state index in [4.69, 9.17) is 11.6 Å². The first-order valence-corrected chi connectivity index (χ1v) is 7.06. The molecule has 0 saturated carbocycles. The van der Waals surface area contributed by atoms with E-state index in [-0.39, 0.29) is 5.91 Å². The minimum atomic E-state index is 0.0509. The zero-order chi connectivity index (χ0) is 14.0. The normalized spacial score (nSPS) is 20.6. The number of amides is 1. The predicted molar refractivity (Wildman–Crippen MR) is 76.6 cm³/mol. The standard InChI is InChI=1S/C14H20ClN3O/c1-4-17-5-6-18(9-11(17)3)14(19)12-7-10(2)16-13(15)8-12/h7-8,11H,4-6,9H2,1-3H3. The number of hydrogen-bond acceptors (Lipinski definition) is 3. The molecular formula is C14H20ClN3O. The van der Waals surface area contributed by atoms with Crippen molar-refractivity contribution in [3.63, 3.8) is 0 Å². The Morgan fingerprint density at radius 2 is 2.21 bits per heavy atom. The third kappa shape index (κ3) is 3.25. The highest BCUT2D eigenvalue weighted by molar-refractivity contribution is 6.29. The van der Waals surface area contributed by atoms with Crippen molar-refractivity contribution in [3.8, 4) is 0 Å². The summed E-state index contributed by atoms with van der Waals surface area (Å²) in [5.41, 5.74) is 1.41. The quantitative estimate of drug-likeness (QED) is 0.780. The number of carbonyl (C=O) groups is 1. The van der Waals surface area contributed by atoms with E-state index < -0.39 is 0 Å². The number of carbonyl (C=O) groups excluding carboxylic acids is 1. The third-order valence-corrected chi connectivity index (χ3v) is 3.82. The lowest BCUT2D eigenvalue weighted by atomic mass is 10.1. The van der Waals surface area contributed by atoms with Crippen LogP contribution in [0.4, 0.5) is 0 Å². The molecule has 2 rings (SSSR count). The Morgan fingerprint density at radius 3 is 2.79 bits per heavy atom. The molecule has 1 aliphatic heterocycles. The molecular weight excluding hydrogens is 262 g/mol. The van der Waals surface area contributed by atoms with Crippen LogP contribution in [0, 0.1) is 6.92 Å². The molecule has 1 atom stereocenters. The van der Waals surface area contributed by atoms with Crippen LogP contribution < -0.4 is 0 Å². The van der Waals surface area contributed by atoms with Crippen molar-refractivity contribution >= 4 is 17.5 Å². The van der Waals surface area contributed by atoms with Gasteiger partial charge in [-0.15, -0.1) is 0 Å². The Balaban J connectivity index is 2.12. The Kier molecular flexibility index (Phi) is 4.42. The van der Waals surface area contributed by atoms with Crippen molar-refractivity contribution in [1.29, 1.82) is 0 Å². The van der Waals surface area contributed by atoms with E-state index in [1.54, 1.807) is 12.1 Å². The minimum absolute atomic E-state index is 0.0509. The fraction of sp³-hybridized carbons (Fsp3) is 0.571. The van der Waals surface area contributed by atoms with E-state index in [2.05, 4.69) is 23.7 Å². The number of hydrogen-bond donors (Lipinski definition) is 0. The molecule has 1 aliphatic rings. The Bertz CT molecular complexity index is 458. The van der Waals surface area contributed by atoms with E-state index in [0.717, 1.165) is 31.9 Å². The first-order chi connectivity index (χ1) is 9.01. The molecule has 1 fully saturated rings.